The first-order chi connectivity index (χ1) is 16.5. The highest BCUT2D eigenvalue weighted by atomic mass is 16.2. The van der Waals surface area contributed by atoms with Gasteiger partial charge in [-0.25, -0.2) is 9.97 Å². The average molecular weight is 455 g/mol. The number of rotatable bonds is 5. The van der Waals surface area contributed by atoms with Crippen molar-refractivity contribution in [3.05, 3.63) is 66.4 Å². The summed E-state index contributed by atoms with van der Waals surface area (Å²) >= 11 is 0. The molecule has 1 fully saturated rings. The lowest BCUT2D eigenvalue weighted by Crippen LogP contribution is -2.24. The lowest BCUT2D eigenvalue weighted by molar-refractivity contribution is -0.120. The quantitative estimate of drug-likeness (QED) is 0.317. The summed E-state index contributed by atoms with van der Waals surface area (Å²) in [5, 5.41) is 5.82. The molecule has 0 saturated heterocycles. The number of pyridine rings is 1. The Hall–Kier alpha value is -4.20. The smallest absolute Gasteiger partial charge is 0.256 e. The molecule has 172 valence electrons. The van der Waals surface area contributed by atoms with Crippen LogP contribution in [0.15, 0.2) is 60.8 Å². The zero-order chi connectivity index (χ0) is 23.5. The van der Waals surface area contributed by atoms with Gasteiger partial charge in [0.05, 0.1) is 17.2 Å². The van der Waals surface area contributed by atoms with Gasteiger partial charge in [0.1, 0.15) is 11.6 Å². The van der Waals surface area contributed by atoms with Gasteiger partial charge in [-0.2, -0.15) is 0 Å². The average Bonchev–Trinajstić information content (AvgIpc) is 3.29. The van der Waals surface area contributed by atoms with Gasteiger partial charge in [0.15, 0.2) is 0 Å². The van der Waals surface area contributed by atoms with Crippen molar-refractivity contribution in [1.82, 2.24) is 15.0 Å². The maximum absolute atomic E-state index is 12.5. The molecule has 0 aliphatic heterocycles. The second kappa shape index (κ2) is 9.35. The predicted octanol–water partition coefficient (Wildman–Crippen LogP) is 4.98. The van der Waals surface area contributed by atoms with Crippen molar-refractivity contribution in [3.8, 4) is 11.4 Å². The van der Waals surface area contributed by atoms with Gasteiger partial charge in [0, 0.05) is 34.5 Å². The summed E-state index contributed by atoms with van der Waals surface area (Å²) in [7, 11) is 0. The number of nitrogen functional groups attached to an aromatic ring is 1. The molecule has 2 aromatic heterocycles. The molecule has 1 aliphatic rings. The summed E-state index contributed by atoms with van der Waals surface area (Å²) in [4.78, 5) is 37.1. The molecule has 1 aliphatic carbocycles. The number of anilines is 3. The minimum Gasteiger partial charge on any atom is -0.399 e. The van der Waals surface area contributed by atoms with Crippen molar-refractivity contribution >= 4 is 40.0 Å². The van der Waals surface area contributed by atoms with Gasteiger partial charge in [-0.3, -0.25) is 9.59 Å². The maximum atomic E-state index is 12.5. The van der Waals surface area contributed by atoms with Crippen LogP contribution in [-0.4, -0.2) is 26.8 Å². The number of fused-ring (bicyclic) bond motifs is 1. The standard InChI is InChI=1S/C26H26N6O2/c27-19-10-6-18(7-11-19)26(34)32-23-14-21-22(15-28-23)31-24(30-21)16-8-12-20(13-9-16)29-25(33)17-4-2-1-3-5-17/h6-15,17H,1-5,27H2,(H,29,33)(H,30,31)(H,28,32,34). The van der Waals surface area contributed by atoms with E-state index in [1.807, 2.05) is 24.3 Å². The molecule has 2 aromatic carbocycles. The molecule has 5 rings (SSSR count). The van der Waals surface area contributed by atoms with Crippen LogP contribution >= 0.6 is 0 Å². The summed E-state index contributed by atoms with van der Waals surface area (Å²) in [5.74, 6) is 1.05. The minimum atomic E-state index is -0.270. The van der Waals surface area contributed by atoms with Crippen LogP contribution in [0.5, 0.6) is 0 Å². The Balaban J connectivity index is 1.28. The Bertz CT molecular complexity index is 1320. The molecule has 0 radical (unpaired) electrons. The van der Waals surface area contributed by atoms with Crippen LogP contribution in [0, 0.1) is 5.92 Å². The van der Waals surface area contributed by atoms with E-state index in [2.05, 4.69) is 25.6 Å². The second-order valence-electron chi connectivity index (χ2n) is 8.65. The van der Waals surface area contributed by atoms with Crippen LogP contribution in [0.1, 0.15) is 42.5 Å². The van der Waals surface area contributed by atoms with Crippen molar-refractivity contribution < 1.29 is 9.59 Å². The van der Waals surface area contributed by atoms with Crippen molar-refractivity contribution in [2.75, 3.05) is 16.4 Å². The van der Waals surface area contributed by atoms with Crippen molar-refractivity contribution in [1.29, 1.82) is 0 Å². The van der Waals surface area contributed by atoms with Crippen LogP contribution in [-0.2, 0) is 4.79 Å². The lowest BCUT2D eigenvalue weighted by Gasteiger charge is -2.20. The Morgan fingerprint density at radius 2 is 1.68 bits per heavy atom. The number of nitrogens with one attached hydrogen (secondary N) is 3. The molecule has 5 N–H and O–H groups in total. The number of hydrogen-bond donors (Lipinski definition) is 4. The summed E-state index contributed by atoms with van der Waals surface area (Å²) in [6.07, 6.45) is 7.07. The van der Waals surface area contributed by atoms with Crippen LogP contribution in [0.25, 0.3) is 22.4 Å². The Morgan fingerprint density at radius 1 is 0.941 bits per heavy atom. The van der Waals surface area contributed by atoms with E-state index in [4.69, 9.17) is 5.73 Å². The highest BCUT2D eigenvalue weighted by molar-refractivity contribution is 6.04. The SMILES string of the molecule is Nc1ccc(C(=O)Nc2cc3nc(-c4ccc(NC(=O)C5CCCCC5)cc4)[nH]c3cn2)cc1. The fraction of sp³-hybridized carbons (Fsp3) is 0.231. The molecule has 2 heterocycles. The number of amides is 2. The zero-order valence-corrected chi connectivity index (χ0v) is 18.7. The molecule has 2 amide bonds. The molecule has 8 nitrogen and oxygen atoms in total. The molecule has 0 bridgehead atoms. The zero-order valence-electron chi connectivity index (χ0n) is 18.7. The predicted molar refractivity (Wildman–Crippen MR) is 133 cm³/mol. The number of H-pyrrole nitrogens is 1. The Morgan fingerprint density at radius 3 is 2.41 bits per heavy atom. The third-order valence-corrected chi connectivity index (χ3v) is 6.18. The maximum Gasteiger partial charge on any atom is 0.256 e. The summed E-state index contributed by atoms with van der Waals surface area (Å²) in [6, 6.07) is 16.0. The van der Waals surface area contributed by atoms with E-state index in [-0.39, 0.29) is 17.7 Å². The number of carbonyl (C=O) groups is 2. The van der Waals surface area contributed by atoms with Gasteiger partial charge in [0.2, 0.25) is 5.91 Å². The number of hydrogen-bond acceptors (Lipinski definition) is 5. The van der Waals surface area contributed by atoms with Crippen LogP contribution in [0.2, 0.25) is 0 Å². The van der Waals surface area contributed by atoms with E-state index in [1.165, 1.54) is 6.42 Å². The molecule has 0 unspecified atom stereocenters. The normalized spacial score (nSPS) is 14.1. The number of imidazole rings is 1. The highest BCUT2D eigenvalue weighted by Crippen LogP contribution is 2.26. The molecule has 34 heavy (non-hydrogen) atoms. The fourth-order valence-electron chi connectivity index (χ4n) is 4.26. The van der Waals surface area contributed by atoms with Gasteiger partial charge in [-0.15, -0.1) is 0 Å². The number of carbonyl (C=O) groups excluding carboxylic acids is 2. The van der Waals surface area contributed by atoms with Crippen LogP contribution < -0.4 is 16.4 Å². The van der Waals surface area contributed by atoms with E-state index in [9.17, 15) is 9.59 Å². The van der Waals surface area contributed by atoms with Gasteiger partial charge < -0.3 is 21.4 Å². The van der Waals surface area contributed by atoms with Crippen LogP contribution in [0.4, 0.5) is 17.2 Å². The Labute approximate surface area is 197 Å². The number of aromatic nitrogens is 3. The van der Waals surface area contributed by atoms with Crippen molar-refractivity contribution in [3.63, 3.8) is 0 Å². The number of benzene rings is 2. The summed E-state index contributed by atoms with van der Waals surface area (Å²) < 4.78 is 0. The molecule has 0 spiro atoms. The van der Waals surface area contributed by atoms with Crippen molar-refractivity contribution in [2.24, 2.45) is 5.92 Å². The first kappa shape index (κ1) is 21.6. The summed E-state index contributed by atoms with van der Waals surface area (Å²) in [5.41, 5.74) is 9.89. The third kappa shape index (κ3) is 4.76. The summed E-state index contributed by atoms with van der Waals surface area (Å²) in [6.45, 7) is 0. The van der Waals surface area contributed by atoms with E-state index in [0.717, 1.165) is 42.5 Å². The molecule has 8 heteroatoms. The number of aromatic amines is 1. The monoisotopic (exact) mass is 454 g/mol. The highest BCUT2D eigenvalue weighted by Gasteiger charge is 2.21. The largest absolute Gasteiger partial charge is 0.399 e. The van der Waals surface area contributed by atoms with Gasteiger partial charge in [-0.1, -0.05) is 19.3 Å². The van der Waals surface area contributed by atoms with Gasteiger partial charge >= 0.3 is 0 Å². The minimum absolute atomic E-state index is 0.107. The van der Waals surface area contributed by atoms with Crippen molar-refractivity contribution in [2.45, 2.75) is 32.1 Å². The number of nitrogens with two attached hydrogens (primary N) is 1. The Kier molecular flexibility index (Phi) is 5.95. The van der Waals surface area contributed by atoms with E-state index in [0.29, 0.717) is 28.4 Å². The fourth-order valence-corrected chi connectivity index (χ4v) is 4.26. The molecule has 1 saturated carbocycles. The van der Waals surface area contributed by atoms with E-state index >= 15 is 0 Å². The number of nitrogens with zero attached hydrogens (tertiary/aromatic N) is 2. The molecule has 0 atom stereocenters. The van der Waals surface area contributed by atoms with Crippen LogP contribution in [0.3, 0.4) is 0 Å². The van der Waals surface area contributed by atoms with E-state index in [1.54, 1.807) is 36.5 Å². The lowest BCUT2D eigenvalue weighted by atomic mass is 9.88. The first-order valence-corrected chi connectivity index (χ1v) is 11.5. The molecular weight excluding hydrogens is 428 g/mol. The third-order valence-electron chi connectivity index (χ3n) is 6.18. The first-order valence-electron chi connectivity index (χ1n) is 11.5. The molecular formula is C26H26N6O2. The molecule has 4 aromatic rings. The van der Waals surface area contributed by atoms with E-state index < -0.39 is 0 Å². The van der Waals surface area contributed by atoms with Gasteiger partial charge in [0.25, 0.3) is 5.91 Å². The topological polar surface area (TPSA) is 126 Å². The van der Waals surface area contributed by atoms with Gasteiger partial charge in [-0.05, 0) is 61.4 Å². The second-order valence-corrected chi connectivity index (χ2v) is 8.65.